The van der Waals surface area contributed by atoms with Crippen LogP contribution in [0.1, 0.15) is 0 Å². The molecule has 0 radical (unpaired) electrons. The predicted molar refractivity (Wildman–Crippen MR) is 547 cm³/mol. The Kier molecular flexibility index (Phi) is 17.2. The molecule has 26 aromatic rings. The van der Waals surface area contributed by atoms with Crippen molar-refractivity contribution in [3.63, 3.8) is 0 Å². The molecule has 26 rings (SSSR count). The Morgan fingerprint density at radius 1 is 0.162 bits per heavy atom. The number of para-hydroxylation sites is 8. The highest BCUT2D eigenvalue weighted by molar-refractivity contribution is 6.19. The maximum absolute atomic E-state index is 6.48. The van der Waals surface area contributed by atoms with Gasteiger partial charge >= 0.3 is 0 Å². The van der Waals surface area contributed by atoms with Gasteiger partial charge in [-0.1, -0.05) is 322 Å². The molecule has 0 N–H and O–H groups in total. The van der Waals surface area contributed by atoms with Crippen LogP contribution in [0.25, 0.3) is 220 Å². The summed E-state index contributed by atoms with van der Waals surface area (Å²) >= 11 is 0. The van der Waals surface area contributed by atoms with Crippen molar-refractivity contribution in [2.45, 2.75) is 0 Å². The van der Waals surface area contributed by atoms with E-state index in [2.05, 4.69) is 480 Å². The molecule has 0 saturated heterocycles. The first kappa shape index (κ1) is 74.1. The lowest BCUT2D eigenvalue weighted by Crippen LogP contribution is -2.11. The normalized spacial score (nSPS) is 11.8. The predicted octanol–water partition coefficient (Wildman–Crippen LogP) is 34.9. The molecule has 0 amide bonds. The van der Waals surface area contributed by atoms with E-state index in [1.807, 2.05) is 12.1 Å². The fourth-order valence-electron chi connectivity index (χ4n) is 20.9. The van der Waals surface area contributed by atoms with E-state index in [1.54, 1.807) is 0 Å². The summed E-state index contributed by atoms with van der Waals surface area (Å²) < 4.78 is 17.8. The molecular formula is C124H78N4O2. The van der Waals surface area contributed by atoms with Gasteiger partial charge in [-0.05, 0) is 256 Å². The number of anilines is 6. The maximum Gasteiger partial charge on any atom is 0.136 e. The first-order chi connectivity index (χ1) is 64.5. The van der Waals surface area contributed by atoms with Crippen LogP contribution in [-0.2, 0) is 0 Å². The van der Waals surface area contributed by atoms with Crippen LogP contribution >= 0.6 is 0 Å². The number of hydrogen-bond donors (Lipinski definition) is 0. The van der Waals surface area contributed by atoms with Crippen molar-refractivity contribution in [3.8, 4) is 89.3 Å². The highest BCUT2D eigenvalue weighted by Gasteiger charge is 2.26. The van der Waals surface area contributed by atoms with Crippen LogP contribution in [0.5, 0.6) is 0 Å². The summed E-state index contributed by atoms with van der Waals surface area (Å²) in [4.78, 5) is 4.83. The van der Waals surface area contributed by atoms with Crippen LogP contribution in [-0.4, -0.2) is 9.13 Å². The molecule has 6 heteroatoms. The lowest BCUT2D eigenvalue weighted by Gasteiger charge is -2.28. The van der Waals surface area contributed by atoms with Crippen molar-refractivity contribution < 1.29 is 8.83 Å². The highest BCUT2D eigenvalue weighted by Crippen LogP contribution is 2.50. The lowest BCUT2D eigenvalue weighted by atomic mass is 9.91. The summed E-state index contributed by atoms with van der Waals surface area (Å²) in [5, 5.41) is 19.0. The van der Waals surface area contributed by atoms with E-state index in [0.29, 0.717) is 0 Å². The van der Waals surface area contributed by atoms with Crippen LogP contribution in [0.4, 0.5) is 34.1 Å². The maximum atomic E-state index is 6.48. The smallest absolute Gasteiger partial charge is 0.136 e. The summed E-state index contributed by atoms with van der Waals surface area (Å²) in [6.45, 7) is 0. The third kappa shape index (κ3) is 12.2. The van der Waals surface area contributed by atoms with Crippen molar-refractivity contribution in [1.29, 1.82) is 0 Å². The molecule has 4 aromatic heterocycles. The first-order valence-electron chi connectivity index (χ1n) is 44.6. The van der Waals surface area contributed by atoms with Crippen molar-refractivity contribution in [1.82, 2.24) is 9.13 Å². The number of benzene rings is 22. The number of hydrogen-bond acceptors (Lipinski definition) is 4. The zero-order valence-corrected chi connectivity index (χ0v) is 70.6. The minimum absolute atomic E-state index is 0.870. The van der Waals surface area contributed by atoms with E-state index in [4.69, 9.17) is 8.83 Å². The van der Waals surface area contributed by atoms with E-state index in [0.717, 1.165) is 173 Å². The number of aromatic nitrogens is 2. The van der Waals surface area contributed by atoms with Crippen LogP contribution in [0.15, 0.2) is 482 Å². The molecule has 0 atom stereocenters. The second-order valence-corrected chi connectivity index (χ2v) is 34.1. The van der Waals surface area contributed by atoms with Crippen molar-refractivity contribution >= 4 is 165 Å². The van der Waals surface area contributed by atoms with Gasteiger partial charge in [-0.15, -0.1) is 0 Å². The van der Waals surface area contributed by atoms with Crippen LogP contribution in [0.3, 0.4) is 0 Å². The Bertz CT molecular complexity index is 9020. The van der Waals surface area contributed by atoms with Crippen molar-refractivity contribution in [2.75, 3.05) is 9.80 Å². The largest absolute Gasteiger partial charge is 0.456 e. The van der Waals surface area contributed by atoms with Crippen molar-refractivity contribution in [2.24, 2.45) is 0 Å². The third-order valence-electron chi connectivity index (χ3n) is 26.9. The first-order valence-corrected chi connectivity index (χ1v) is 44.6. The molecule has 0 aliphatic carbocycles. The fraction of sp³-hybridized carbons (Fsp3) is 0. The number of fused-ring (bicyclic) bond motifs is 18. The number of nitrogens with zero attached hydrogens (tertiary/aromatic N) is 4. The molecular weight excluding hydrogens is 1580 g/mol. The van der Waals surface area contributed by atoms with E-state index < -0.39 is 0 Å². The Morgan fingerprint density at radius 2 is 0.531 bits per heavy atom. The summed E-state index contributed by atoms with van der Waals surface area (Å²) in [6.07, 6.45) is 0. The van der Waals surface area contributed by atoms with E-state index in [-0.39, 0.29) is 0 Å². The molecule has 6 nitrogen and oxygen atoms in total. The van der Waals surface area contributed by atoms with Gasteiger partial charge in [0, 0.05) is 88.2 Å². The van der Waals surface area contributed by atoms with Gasteiger partial charge in [-0.2, -0.15) is 0 Å². The van der Waals surface area contributed by atoms with E-state index in [1.165, 1.54) is 81.2 Å². The zero-order chi connectivity index (χ0) is 85.4. The van der Waals surface area contributed by atoms with Gasteiger partial charge in [0.2, 0.25) is 0 Å². The van der Waals surface area contributed by atoms with Gasteiger partial charge < -0.3 is 27.8 Å². The Morgan fingerprint density at radius 3 is 1.12 bits per heavy atom. The monoisotopic (exact) mass is 1650 g/mol. The molecule has 0 aliphatic heterocycles. The summed E-state index contributed by atoms with van der Waals surface area (Å²) in [5.41, 5.74) is 32.5. The van der Waals surface area contributed by atoms with Crippen LogP contribution < -0.4 is 9.80 Å². The molecule has 0 spiro atoms. The fourth-order valence-corrected chi connectivity index (χ4v) is 20.9. The van der Waals surface area contributed by atoms with Crippen LogP contribution in [0.2, 0.25) is 0 Å². The SMILES string of the molecule is c1cc(-c2cccc3oc4ccccc4c23)cc(N(c2ccc(-c3ccccc3-n3c4ccccc4c4ccccc43)cc2)c2ccc(-c3cc4cc(-c5ccc6c(c5)c5ccccc5n6-c5ccccc5-c5ccc(N(c6cccc(-c7cccc8oc9ccccc9c78)c6)c6ccccc6-c6ccc7c(ccc8ccccc87)c6)cc5)ccc4c4ccccc34)cc2)c1. The Labute approximate surface area is 749 Å². The molecule has 22 aromatic carbocycles. The Hall–Kier alpha value is -17.3. The van der Waals surface area contributed by atoms with Gasteiger partial charge in [0.15, 0.2) is 0 Å². The van der Waals surface area contributed by atoms with Crippen LogP contribution in [0, 0.1) is 0 Å². The molecule has 0 bridgehead atoms. The average molecular weight is 1660 g/mol. The standard InChI is InChI=1S/C124H78N4O2/c1-2-30-95-79(25-1)53-54-87-74-88(62-71-96(87)95)100-33-7-13-43-112(100)126(94-29-22-27-86(76-94)102-42-24-52-122-124(102)109-40-12-20-50-120(109)130-122)92-68-57-81(58-69-92)99-32-6-15-45-114(99)128-117-48-18-10-38-107(117)111-77-84(63-72-118(111)128)83-61-70-97-89(73-83)78-110(104-35-4-3-34-103(97)104)82-59-66-91(67-60-82)125(93-28-21-26-85(75-93)101-41-23-51-121-123(101)108-39-11-19-49-119(108)129-121)90-64-55-80(56-65-90)98-31-5-14-44-113(98)127-115-46-16-8-36-105(115)106-37-9-17-47-116(106)127/h1-78H. The quantitative estimate of drug-likeness (QED) is 0.0960. The topological polar surface area (TPSA) is 42.6 Å². The van der Waals surface area contributed by atoms with Gasteiger partial charge in [0.05, 0.1) is 39.1 Å². The minimum atomic E-state index is 0.870. The molecule has 4 heterocycles. The molecule has 0 saturated carbocycles. The van der Waals surface area contributed by atoms with E-state index in [9.17, 15) is 0 Å². The molecule has 130 heavy (non-hydrogen) atoms. The van der Waals surface area contributed by atoms with Gasteiger partial charge in [0.25, 0.3) is 0 Å². The summed E-state index contributed by atoms with van der Waals surface area (Å²) in [5.74, 6) is 0. The number of rotatable bonds is 15. The second kappa shape index (κ2) is 30.2. The zero-order valence-electron chi connectivity index (χ0n) is 70.6. The molecule has 0 fully saturated rings. The average Bonchev–Trinajstić information content (AvgIpc) is 1.02. The second-order valence-electron chi connectivity index (χ2n) is 34.1. The van der Waals surface area contributed by atoms with Gasteiger partial charge in [-0.25, -0.2) is 0 Å². The Balaban J connectivity index is 0.552. The molecule has 0 unspecified atom stereocenters. The minimum Gasteiger partial charge on any atom is -0.456 e. The van der Waals surface area contributed by atoms with Crippen molar-refractivity contribution in [3.05, 3.63) is 473 Å². The molecule has 606 valence electrons. The summed E-state index contributed by atoms with van der Waals surface area (Å²) in [7, 11) is 0. The van der Waals surface area contributed by atoms with Gasteiger partial charge in [0.1, 0.15) is 22.3 Å². The van der Waals surface area contributed by atoms with Gasteiger partial charge in [-0.3, -0.25) is 0 Å². The molecule has 0 aliphatic rings. The van der Waals surface area contributed by atoms with E-state index >= 15 is 0 Å². The third-order valence-corrected chi connectivity index (χ3v) is 26.9. The lowest BCUT2D eigenvalue weighted by molar-refractivity contribution is 0.668. The summed E-state index contributed by atoms with van der Waals surface area (Å²) in [6, 6.07) is 174. The number of furan rings is 2. The highest BCUT2D eigenvalue weighted by atomic mass is 16.3.